The molecule has 0 saturated heterocycles. The number of hydrogen-bond donors (Lipinski definition) is 1. The fourth-order valence-corrected chi connectivity index (χ4v) is 1.86. The van der Waals surface area contributed by atoms with Crippen molar-refractivity contribution in [2.24, 2.45) is 11.8 Å². The molecule has 1 fully saturated rings. The zero-order valence-electron chi connectivity index (χ0n) is 7.50. The molecule has 1 saturated carbocycles. The molecule has 1 nitrogen and oxygen atoms in total. The van der Waals surface area contributed by atoms with Gasteiger partial charge in [0.05, 0.1) is 6.10 Å². The summed E-state index contributed by atoms with van der Waals surface area (Å²) in [4.78, 5) is 0. The molecule has 4 atom stereocenters. The lowest BCUT2D eigenvalue weighted by atomic mass is 9.78. The molecule has 0 heterocycles. The number of hydrogen-bond acceptors (Lipinski definition) is 1. The van der Waals surface area contributed by atoms with Gasteiger partial charge in [-0.05, 0) is 24.7 Å². The Labute approximate surface area is 71.8 Å². The van der Waals surface area contributed by atoms with Crippen LogP contribution in [-0.4, -0.2) is 23.6 Å². The Morgan fingerprint density at radius 2 is 1.83 bits per heavy atom. The fraction of sp³-hybridized carbons (Fsp3) is 1.00. The van der Waals surface area contributed by atoms with Gasteiger partial charge in [0.1, 0.15) is 6.17 Å². The SMILES string of the molecule is CC(C)C1CCC(F)C(F)C1O. The first-order chi connectivity index (χ1) is 5.54. The topological polar surface area (TPSA) is 20.2 Å². The summed E-state index contributed by atoms with van der Waals surface area (Å²) in [7, 11) is 0. The van der Waals surface area contributed by atoms with Crippen molar-refractivity contribution in [2.75, 3.05) is 0 Å². The van der Waals surface area contributed by atoms with Gasteiger partial charge in [-0.2, -0.15) is 0 Å². The van der Waals surface area contributed by atoms with Crippen LogP contribution in [0.3, 0.4) is 0 Å². The predicted octanol–water partition coefficient (Wildman–Crippen LogP) is 2.09. The molecule has 0 radical (unpaired) electrons. The third kappa shape index (κ3) is 1.76. The van der Waals surface area contributed by atoms with Crippen molar-refractivity contribution < 1.29 is 13.9 Å². The van der Waals surface area contributed by atoms with Crippen molar-refractivity contribution in [3.05, 3.63) is 0 Å². The summed E-state index contributed by atoms with van der Waals surface area (Å²) in [6, 6.07) is 0. The normalized spacial score (nSPS) is 43.5. The first kappa shape index (κ1) is 9.90. The van der Waals surface area contributed by atoms with E-state index in [0.717, 1.165) is 0 Å². The molecule has 0 spiro atoms. The molecule has 1 rings (SSSR count). The van der Waals surface area contributed by atoms with Crippen LogP contribution in [0.1, 0.15) is 26.7 Å². The molecule has 4 unspecified atom stereocenters. The van der Waals surface area contributed by atoms with E-state index in [9.17, 15) is 13.9 Å². The summed E-state index contributed by atoms with van der Waals surface area (Å²) in [6.07, 6.45) is -3.39. The molecule has 0 aromatic heterocycles. The second kappa shape index (κ2) is 3.69. The van der Waals surface area contributed by atoms with Crippen molar-refractivity contribution in [2.45, 2.75) is 45.1 Å². The molecule has 72 valence electrons. The summed E-state index contributed by atoms with van der Waals surface area (Å²) in [5.41, 5.74) is 0. The standard InChI is InChI=1S/C9H16F2O/c1-5(2)6-3-4-7(10)8(11)9(6)12/h5-9,12H,3-4H2,1-2H3. The van der Waals surface area contributed by atoms with Gasteiger partial charge in [0, 0.05) is 0 Å². The number of rotatable bonds is 1. The second-order valence-corrected chi connectivity index (χ2v) is 3.94. The Hall–Kier alpha value is -0.180. The van der Waals surface area contributed by atoms with Gasteiger partial charge in [-0.15, -0.1) is 0 Å². The number of aliphatic hydroxyl groups excluding tert-OH is 1. The highest BCUT2D eigenvalue weighted by Gasteiger charge is 2.39. The quantitative estimate of drug-likeness (QED) is 0.651. The third-order valence-corrected chi connectivity index (χ3v) is 2.74. The molecule has 0 aromatic carbocycles. The minimum Gasteiger partial charge on any atom is -0.390 e. The maximum atomic E-state index is 13.0. The predicted molar refractivity (Wildman–Crippen MR) is 43.4 cm³/mol. The molecule has 0 bridgehead atoms. The van der Waals surface area contributed by atoms with Crippen LogP contribution in [0.4, 0.5) is 8.78 Å². The zero-order valence-corrected chi connectivity index (χ0v) is 7.50. The van der Waals surface area contributed by atoms with Gasteiger partial charge in [-0.25, -0.2) is 8.78 Å². The Bertz CT molecular complexity index is 149. The molecule has 0 aliphatic heterocycles. The molecule has 3 heteroatoms. The molecular formula is C9H16F2O. The molecule has 1 aliphatic carbocycles. The Balaban J connectivity index is 2.58. The van der Waals surface area contributed by atoms with Crippen LogP contribution in [0.5, 0.6) is 0 Å². The van der Waals surface area contributed by atoms with E-state index >= 15 is 0 Å². The summed E-state index contributed by atoms with van der Waals surface area (Å²) in [5, 5.41) is 9.36. The van der Waals surface area contributed by atoms with Gasteiger partial charge in [-0.3, -0.25) is 0 Å². The maximum Gasteiger partial charge on any atom is 0.157 e. The van der Waals surface area contributed by atoms with Gasteiger partial charge in [0.2, 0.25) is 0 Å². The van der Waals surface area contributed by atoms with Crippen LogP contribution in [0.15, 0.2) is 0 Å². The number of alkyl halides is 2. The fourth-order valence-electron chi connectivity index (χ4n) is 1.86. The van der Waals surface area contributed by atoms with Crippen molar-refractivity contribution in [1.82, 2.24) is 0 Å². The van der Waals surface area contributed by atoms with Crippen molar-refractivity contribution >= 4 is 0 Å². The molecule has 12 heavy (non-hydrogen) atoms. The summed E-state index contributed by atoms with van der Waals surface area (Å²) in [5.74, 6) is 0.151. The van der Waals surface area contributed by atoms with E-state index in [1.54, 1.807) is 0 Å². The Morgan fingerprint density at radius 1 is 1.25 bits per heavy atom. The molecular weight excluding hydrogens is 162 g/mol. The number of halogens is 2. The smallest absolute Gasteiger partial charge is 0.157 e. The number of aliphatic hydroxyl groups is 1. The van der Waals surface area contributed by atoms with E-state index in [1.807, 2.05) is 13.8 Å². The highest BCUT2D eigenvalue weighted by molar-refractivity contribution is 4.88. The lowest BCUT2D eigenvalue weighted by Crippen LogP contribution is -2.43. The minimum atomic E-state index is -1.67. The van der Waals surface area contributed by atoms with Gasteiger partial charge in [-0.1, -0.05) is 13.8 Å². The van der Waals surface area contributed by atoms with E-state index in [0.29, 0.717) is 6.42 Å². The van der Waals surface area contributed by atoms with Crippen molar-refractivity contribution in [1.29, 1.82) is 0 Å². The van der Waals surface area contributed by atoms with E-state index in [4.69, 9.17) is 0 Å². The minimum absolute atomic E-state index is 0.0769. The highest BCUT2D eigenvalue weighted by atomic mass is 19.2. The van der Waals surface area contributed by atoms with Crippen molar-refractivity contribution in [3.8, 4) is 0 Å². The van der Waals surface area contributed by atoms with Gasteiger partial charge < -0.3 is 5.11 Å². The molecule has 1 aliphatic rings. The first-order valence-corrected chi connectivity index (χ1v) is 4.50. The van der Waals surface area contributed by atoms with Crippen LogP contribution >= 0.6 is 0 Å². The summed E-state index contributed by atoms with van der Waals surface area (Å²) < 4.78 is 25.7. The van der Waals surface area contributed by atoms with Crippen LogP contribution in [-0.2, 0) is 0 Å². The van der Waals surface area contributed by atoms with Crippen LogP contribution in [0.2, 0.25) is 0 Å². The maximum absolute atomic E-state index is 13.0. The van der Waals surface area contributed by atoms with E-state index in [2.05, 4.69) is 0 Å². The van der Waals surface area contributed by atoms with Crippen molar-refractivity contribution in [3.63, 3.8) is 0 Å². The summed E-state index contributed by atoms with van der Waals surface area (Å²) in [6.45, 7) is 3.86. The Kier molecular flexibility index (Phi) is 3.04. The lowest BCUT2D eigenvalue weighted by molar-refractivity contribution is -0.0565. The monoisotopic (exact) mass is 178 g/mol. The van der Waals surface area contributed by atoms with Crippen LogP contribution in [0, 0.1) is 11.8 Å². The Morgan fingerprint density at radius 3 is 2.33 bits per heavy atom. The van der Waals surface area contributed by atoms with Gasteiger partial charge in [0.25, 0.3) is 0 Å². The van der Waals surface area contributed by atoms with Gasteiger partial charge >= 0.3 is 0 Å². The van der Waals surface area contributed by atoms with E-state index < -0.39 is 18.4 Å². The highest BCUT2D eigenvalue weighted by Crippen LogP contribution is 2.33. The third-order valence-electron chi connectivity index (χ3n) is 2.74. The van der Waals surface area contributed by atoms with E-state index in [1.165, 1.54) is 0 Å². The molecule has 0 amide bonds. The average Bonchev–Trinajstić information content (AvgIpc) is 2.00. The van der Waals surface area contributed by atoms with Crippen LogP contribution < -0.4 is 0 Å². The van der Waals surface area contributed by atoms with E-state index in [-0.39, 0.29) is 18.3 Å². The second-order valence-electron chi connectivity index (χ2n) is 3.94. The molecule has 1 N–H and O–H groups in total. The lowest BCUT2D eigenvalue weighted by Gasteiger charge is -2.34. The largest absolute Gasteiger partial charge is 0.390 e. The first-order valence-electron chi connectivity index (χ1n) is 4.50. The van der Waals surface area contributed by atoms with Crippen LogP contribution in [0.25, 0.3) is 0 Å². The zero-order chi connectivity index (χ0) is 9.30. The molecule has 0 aromatic rings. The van der Waals surface area contributed by atoms with Gasteiger partial charge in [0.15, 0.2) is 6.17 Å². The average molecular weight is 178 g/mol. The summed E-state index contributed by atoms with van der Waals surface area (Å²) >= 11 is 0.